The molecule has 0 spiro atoms. The minimum absolute atomic E-state index is 0.110. The van der Waals surface area contributed by atoms with Crippen LogP contribution < -0.4 is 5.32 Å². The first kappa shape index (κ1) is 13.6. The van der Waals surface area contributed by atoms with Gasteiger partial charge in [0.15, 0.2) is 0 Å². The van der Waals surface area contributed by atoms with E-state index < -0.39 is 10.1 Å². The lowest BCUT2D eigenvalue weighted by Gasteiger charge is -2.08. The third-order valence-corrected chi connectivity index (χ3v) is 3.60. The van der Waals surface area contributed by atoms with Gasteiger partial charge in [-0.3, -0.25) is 4.55 Å². The first-order valence-electron chi connectivity index (χ1n) is 5.82. The van der Waals surface area contributed by atoms with Crippen LogP contribution in [0.4, 0.5) is 5.69 Å². The molecule has 0 aliphatic heterocycles. The van der Waals surface area contributed by atoms with E-state index in [-0.39, 0.29) is 4.90 Å². The average Bonchev–Trinajstić information content (AvgIpc) is 2.37. The Balaban J connectivity index is 2.10. The van der Waals surface area contributed by atoms with Crippen LogP contribution in [0.3, 0.4) is 0 Å². The molecule has 2 N–H and O–H groups in total. The van der Waals surface area contributed by atoms with Crippen molar-refractivity contribution in [2.24, 2.45) is 0 Å². The van der Waals surface area contributed by atoms with E-state index in [9.17, 15) is 8.42 Å². The lowest BCUT2D eigenvalue weighted by Crippen LogP contribution is -2.02. The molecule has 0 unspecified atom stereocenters. The molecule has 0 saturated carbocycles. The van der Waals surface area contributed by atoms with Crippen molar-refractivity contribution in [2.75, 3.05) is 5.32 Å². The van der Waals surface area contributed by atoms with Gasteiger partial charge in [-0.05, 0) is 30.7 Å². The summed E-state index contributed by atoms with van der Waals surface area (Å²) in [5.74, 6) is 0. The fraction of sp³-hybridized carbons (Fsp3) is 0.143. The molecule has 5 heteroatoms. The summed E-state index contributed by atoms with van der Waals surface area (Å²) in [5.41, 5.74) is 2.94. The molecule has 0 aliphatic rings. The number of rotatable bonds is 4. The zero-order valence-corrected chi connectivity index (χ0v) is 11.3. The Bertz CT molecular complexity index is 663. The zero-order valence-electron chi connectivity index (χ0n) is 10.5. The van der Waals surface area contributed by atoms with Crippen LogP contribution in [-0.4, -0.2) is 13.0 Å². The summed E-state index contributed by atoms with van der Waals surface area (Å²) in [5, 5.41) is 3.12. The summed E-state index contributed by atoms with van der Waals surface area (Å²) in [6, 6.07) is 14.2. The van der Waals surface area contributed by atoms with Crippen LogP contribution >= 0.6 is 0 Å². The Hall–Kier alpha value is -1.85. The lowest BCUT2D eigenvalue weighted by molar-refractivity contribution is 0.483. The first-order chi connectivity index (χ1) is 8.95. The molecular formula is C14H15NO3S. The molecule has 2 aromatic rings. The van der Waals surface area contributed by atoms with E-state index in [4.69, 9.17) is 4.55 Å². The predicted octanol–water partition coefficient (Wildman–Crippen LogP) is 2.85. The Labute approximate surface area is 112 Å². The van der Waals surface area contributed by atoms with E-state index >= 15 is 0 Å². The molecule has 4 nitrogen and oxygen atoms in total. The highest BCUT2D eigenvalue weighted by Crippen LogP contribution is 2.16. The molecule has 19 heavy (non-hydrogen) atoms. The molecule has 0 aromatic heterocycles. The second-order valence-corrected chi connectivity index (χ2v) is 5.76. The molecule has 0 heterocycles. The van der Waals surface area contributed by atoms with Crippen LogP contribution in [0.15, 0.2) is 53.4 Å². The van der Waals surface area contributed by atoms with Gasteiger partial charge in [0.25, 0.3) is 10.1 Å². The van der Waals surface area contributed by atoms with Crippen molar-refractivity contribution < 1.29 is 13.0 Å². The van der Waals surface area contributed by atoms with E-state index in [1.807, 2.05) is 31.2 Å². The molecule has 0 aliphatic carbocycles. The second kappa shape index (κ2) is 5.42. The fourth-order valence-electron chi connectivity index (χ4n) is 1.68. The molecule has 0 atom stereocenters. The van der Waals surface area contributed by atoms with Crippen LogP contribution in [0.2, 0.25) is 0 Å². The Morgan fingerprint density at radius 2 is 1.79 bits per heavy atom. The second-order valence-electron chi connectivity index (χ2n) is 4.34. The maximum Gasteiger partial charge on any atom is 0.294 e. The van der Waals surface area contributed by atoms with E-state index in [0.29, 0.717) is 12.2 Å². The number of anilines is 1. The maximum absolute atomic E-state index is 11.0. The van der Waals surface area contributed by atoms with Gasteiger partial charge in [0.05, 0.1) is 4.90 Å². The highest BCUT2D eigenvalue weighted by atomic mass is 32.2. The van der Waals surface area contributed by atoms with E-state index in [2.05, 4.69) is 5.32 Å². The highest BCUT2D eigenvalue weighted by Gasteiger charge is 2.09. The van der Waals surface area contributed by atoms with Crippen molar-refractivity contribution >= 4 is 15.8 Å². The molecule has 2 rings (SSSR count). The SMILES string of the molecule is Cc1ccc(CNc2cccc(S(=O)(=O)O)c2)cc1. The minimum Gasteiger partial charge on any atom is -0.381 e. The van der Waals surface area contributed by atoms with E-state index in [1.165, 1.54) is 17.7 Å². The number of nitrogens with one attached hydrogen (secondary N) is 1. The maximum atomic E-state index is 11.0. The van der Waals surface area contributed by atoms with Crippen LogP contribution in [0.25, 0.3) is 0 Å². The standard InChI is InChI=1S/C14H15NO3S/c1-11-5-7-12(8-6-11)10-15-13-3-2-4-14(9-13)19(16,17)18/h2-9,15H,10H2,1H3,(H,16,17,18). The van der Waals surface area contributed by atoms with Crippen LogP contribution in [0.5, 0.6) is 0 Å². The number of hydrogen-bond acceptors (Lipinski definition) is 3. The van der Waals surface area contributed by atoms with Crippen molar-refractivity contribution in [1.29, 1.82) is 0 Å². The number of benzene rings is 2. The Morgan fingerprint density at radius 1 is 1.11 bits per heavy atom. The Kier molecular flexibility index (Phi) is 3.87. The summed E-state index contributed by atoms with van der Waals surface area (Å²) in [4.78, 5) is -0.110. The smallest absolute Gasteiger partial charge is 0.294 e. The van der Waals surface area contributed by atoms with Gasteiger partial charge >= 0.3 is 0 Å². The van der Waals surface area contributed by atoms with Gasteiger partial charge in [0, 0.05) is 12.2 Å². The van der Waals surface area contributed by atoms with Gasteiger partial charge in [-0.2, -0.15) is 8.42 Å². The molecule has 100 valence electrons. The van der Waals surface area contributed by atoms with Crippen LogP contribution in [0, 0.1) is 6.92 Å². The van der Waals surface area contributed by atoms with Crippen molar-refractivity contribution in [2.45, 2.75) is 18.4 Å². The van der Waals surface area contributed by atoms with Crippen molar-refractivity contribution in [3.63, 3.8) is 0 Å². The Morgan fingerprint density at radius 3 is 2.42 bits per heavy atom. The summed E-state index contributed by atoms with van der Waals surface area (Å²) in [6.07, 6.45) is 0. The quantitative estimate of drug-likeness (QED) is 0.843. The normalized spacial score (nSPS) is 11.3. The molecule has 0 amide bonds. The third kappa shape index (κ3) is 3.81. The molecule has 0 fully saturated rings. The van der Waals surface area contributed by atoms with Gasteiger partial charge in [-0.25, -0.2) is 0 Å². The van der Waals surface area contributed by atoms with Gasteiger partial charge in [-0.1, -0.05) is 35.9 Å². The van der Waals surface area contributed by atoms with Crippen molar-refractivity contribution in [3.8, 4) is 0 Å². The molecule has 0 bridgehead atoms. The molecule has 0 radical (unpaired) electrons. The fourth-order valence-corrected chi connectivity index (χ4v) is 2.20. The van der Waals surface area contributed by atoms with E-state index in [1.54, 1.807) is 12.1 Å². The van der Waals surface area contributed by atoms with Gasteiger partial charge < -0.3 is 5.32 Å². The summed E-state index contributed by atoms with van der Waals surface area (Å²) in [7, 11) is -4.15. The van der Waals surface area contributed by atoms with Crippen LogP contribution in [-0.2, 0) is 16.7 Å². The number of aryl methyl sites for hydroxylation is 1. The van der Waals surface area contributed by atoms with Crippen LogP contribution in [0.1, 0.15) is 11.1 Å². The minimum atomic E-state index is -4.15. The zero-order chi connectivity index (χ0) is 13.9. The summed E-state index contributed by atoms with van der Waals surface area (Å²) >= 11 is 0. The van der Waals surface area contributed by atoms with Crippen molar-refractivity contribution in [1.82, 2.24) is 0 Å². The average molecular weight is 277 g/mol. The van der Waals surface area contributed by atoms with E-state index in [0.717, 1.165) is 5.56 Å². The summed E-state index contributed by atoms with van der Waals surface area (Å²) < 4.78 is 31.0. The largest absolute Gasteiger partial charge is 0.381 e. The monoisotopic (exact) mass is 277 g/mol. The lowest BCUT2D eigenvalue weighted by atomic mass is 10.1. The third-order valence-electron chi connectivity index (χ3n) is 2.75. The first-order valence-corrected chi connectivity index (χ1v) is 7.26. The molecule has 2 aromatic carbocycles. The van der Waals surface area contributed by atoms with Gasteiger partial charge in [0.1, 0.15) is 0 Å². The van der Waals surface area contributed by atoms with Gasteiger partial charge in [0.2, 0.25) is 0 Å². The van der Waals surface area contributed by atoms with Gasteiger partial charge in [-0.15, -0.1) is 0 Å². The summed E-state index contributed by atoms with van der Waals surface area (Å²) in [6.45, 7) is 2.61. The van der Waals surface area contributed by atoms with Crippen molar-refractivity contribution in [3.05, 3.63) is 59.7 Å². The molecular weight excluding hydrogens is 262 g/mol. The highest BCUT2D eigenvalue weighted by molar-refractivity contribution is 7.85. The topological polar surface area (TPSA) is 66.4 Å². The number of hydrogen-bond donors (Lipinski definition) is 2. The predicted molar refractivity (Wildman–Crippen MR) is 74.8 cm³/mol. The molecule has 0 saturated heterocycles.